The Balaban J connectivity index is 0.000000380. The number of rotatable bonds is 13. The SMILES string of the molecule is CC.CC(=O)C1CC1.CCC(C)CCCCC(C)C(F)(F)CF.CCOc1cc(C(N)=O)ccc1-c1ncn2ccnc(N)c12. The number of halogens is 3. The van der Waals surface area contributed by atoms with Gasteiger partial charge < -0.3 is 20.6 Å². The molecule has 252 valence electrons. The van der Waals surface area contributed by atoms with E-state index in [0.29, 0.717) is 59.0 Å². The first-order valence-corrected chi connectivity index (χ1v) is 15.9. The Kier molecular flexibility index (Phi) is 17.2. The van der Waals surface area contributed by atoms with E-state index in [2.05, 4.69) is 23.8 Å². The van der Waals surface area contributed by atoms with E-state index in [4.69, 9.17) is 16.2 Å². The summed E-state index contributed by atoms with van der Waals surface area (Å²) in [6, 6.07) is 5.00. The van der Waals surface area contributed by atoms with Crippen molar-refractivity contribution in [3.05, 3.63) is 42.5 Å². The van der Waals surface area contributed by atoms with Crippen molar-refractivity contribution >= 4 is 23.0 Å². The van der Waals surface area contributed by atoms with Crippen LogP contribution in [0.2, 0.25) is 0 Å². The van der Waals surface area contributed by atoms with Crippen molar-refractivity contribution in [2.45, 2.75) is 99.3 Å². The molecule has 0 saturated heterocycles. The fourth-order valence-electron chi connectivity index (χ4n) is 4.30. The number of amides is 1. The zero-order valence-electron chi connectivity index (χ0n) is 27.9. The number of fused-ring (bicyclic) bond motifs is 1. The molecule has 2 atom stereocenters. The number of anilines is 1. The van der Waals surface area contributed by atoms with Crippen molar-refractivity contribution in [3.63, 3.8) is 0 Å². The molecule has 4 rings (SSSR count). The first-order chi connectivity index (χ1) is 21.4. The molecule has 0 bridgehead atoms. The summed E-state index contributed by atoms with van der Waals surface area (Å²) in [4.78, 5) is 30.0. The summed E-state index contributed by atoms with van der Waals surface area (Å²) in [5, 5.41) is 0. The van der Waals surface area contributed by atoms with Gasteiger partial charge in [-0.2, -0.15) is 0 Å². The average Bonchev–Trinajstić information content (AvgIpc) is 3.80. The van der Waals surface area contributed by atoms with E-state index in [-0.39, 0.29) is 0 Å². The summed E-state index contributed by atoms with van der Waals surface area (Å²) in [6.07, 6.45) is 11.7. The average molecular weight is 636 g/mol. The predicted octanol–water partition coefficient (Wildman–Crippen LogP) is 8.32. The van der Waals surface area contributed by atoms with Crippen LogP contribution < -0.4 is 16.2 Å². The zero-order valence-corrected chi connectivity index (χ0v) is 27.9. The molecule has 2 heterocycles. The monoisotopic (exact) mass is 635 g/mol. The lowest BCUT2D eigenvalue weighted by molar-refractivity contribution is -0.118. The standard InChI is InChI=1S/C15H15N5O2.C12H23F3.C5H8O.C2H6/c1-2-22-11-7-9(15(17)21)3-4-10(11)12-13-14(16)18-5-6-20(13)8-19-12;1-4-10(2)7-5-6-8-11(3)12(14,15)9-13;1-4(6)5-2-3-5;1-2/h3-8H,2H2,1H3,(H2,16,18)(H2,17,21);10-11H,4-9H2,1-3H3;5H,2-3H2,1H3;1-2H3. The Morgan fingerprint density at radius 2 is 1.76 bits per heavy atom. The molecule has 0 spiro atoms. The molecule has 0 aliphatic heterocycles. The van der Waals surface area contributed by atoms with Crippen molar-refractivity contribution in [2.24, 2.45) is 23.5 Å². The number of ether oxygens (including phenoxy) is 1. The normalized spacial score (nSPS) is 13.6. The summed E-state index contributed by atoms with van der Waals surface area (Å²) in [6.45, 7) is 12.2. The zero-order chi connectivity index (χ0) is 34.2. The van der Waals surface area contributed by atoms with Crippen LogP contribution in [0.4, 0.5) is 19.0 Å². The fraction of sp³-hybridized carbons (Fsp3) is 0.588. The first kappa shape index (κ1) is 39.4. The second-order valence-electron chi connectivity index (χ2n) is 11.1. The lowest BCUT2D eigenvalue weighted by Crippen LogP contribution is -2.28. The van der Waals surface area contributed by atoms with Crippen LogP contribution in [0, 0.1) is 17.8 Å². The van der Waals surface area contributed by atoms with Crippen LogP contribution in [-0.4, -0.2) is 45.3 Å². The number of hydrogen-bond donors (Lipinski definition) is 2. The third-order valence-electron chi connectivity index (χ3n) is 7.63. The van der Waals surface area contributed by atoms with Gasteiger partial charge in [-0.25, -0.2) is 23.1 Å². The Hall–Kier alpha value is -3.63. The van der Waals surface area contributed by atoms with Gasteiger partial charge >= 0.3 is 0 Å². The summed E-state index contributed by atoms with van der Waals surface area (Å²) in [5.74, 6) is -2.07. The Labute approximate surface area is 266 Å². The minimum atomic E-state index is -3.13. The van der Waals surface area contributed by atoms with Crippen LogP contribution in [0.3, 0.4) is 0 Å². The number of benzene rings is 1. The van der Waals surface area contributed by atoms with Gasteiger partial charge in [-0.3, -0.25) is 9.59 Å². The molecule has 1 amide bonds. The van der Waals surface area contributed by atoms with Crippen LogP contribution in [0.15, 0.2) is 36.9 Å². The van der Waals surface area contributed by atoms with Crippen LogP contribution >= 0.6 is 0 Å². The van der Waals surface area contributed by atoms with Crippen LogP contribution in [0.1, 0.15) is 104 Å². The molecule has 8 nitrogen and oxygen atoms in total. The third-order valence-corrected chi connectivity index (χ3v) is 7.63. The lowest BCUT2D eigenvalue weighted by Gasteiger charge is -2.20. The molecule has 4 N–H and O–H groups in total. The Bertz CT molecular complexity index is 1330. The molecular formula is C34H52F3N5O3. The van der Waals surface area contributed by atoms with E-state index < -0.39 is 24.4 Å². The highest BCUT2D eigenvalue weighted by Crippen LogP contribution is 2.34. The highest BCUT2D eigenvalue weighted by atomic mass is 19.3. The number of Topliss-reactive ketones (excluding diaryl/α,β-unsaturated/α-hetero) is 1. The van der Waals surface area contributed by atoms with Gasteiger partial charge in [-0.1, -0.05) is 60.3 Å². The maximum atomic E-state index is 12.8. The summed E-state index contributed by atoms with van der Waals surface area (Å²) in [7, 11) is 0. The highest BCUT2D eigenvalue weighted by molar-refractivity contribution is 5.95. The largest absolute Gasteiger partial charge is 0.493 e. The number of carbonyl (C=O) groups excluding carboxylic acids is 2. The lowest BCUT2D eigenvalue weighted by atomic mass is 9.94. The van der Waals surface area contributed by atoms with Crippen molar-refractivity contribution in [2.75, 3.05) is 19.0 Å². The third kappa shape index (κ3) is 12.7. The number of alkyl halides is 3. The quantitative estimate of drug-likeness (QED) is 0.182. The number of aromatic nitrogens is 3. The van der Waals surface area contributed by atoms with Gasteiger partial charge in [0.1, 0.15) is 34.9 Å². The molecule has 2 unspecified atom stereocenters. The number of hydrogen-bond acceptors (Lipinski definition) is 6. The number of primary amides is 1. The van der Waals surface area contributed by atoms with Crippen LogP contribution in [0.25, 0.3) is 16.8 Å². The molecule has 1 aliphatic carbocycles. The van der Waals surface area contributed by atoms with Gasteiger partial charge in [0, 0.05) is 35.4 Å². The minimum Gasteiger partial charge on any atom is -0.493 e. The highest BCUT2D eigenvalue weighted by Gasteiger charge is 2.35. The van der Waals surface area contributed by atoms with Crippen LogP contribution in [-0.2, 0) is 4.79 Å². The van der Waals surface area contributed by atoms with Crippen LogP contribution in [0.5, 0.6) is 5.75 Å². The number of nitrogens with two attached hydrogens (primary N) is 2. The maximum Gasteiger partial charge on any atom is 0.278 e. The smallest absolute Gasteiger partial charge is 0.278 e. The molecule has 1 aromatic carbocycles. The topological polar surface area (TPSA) is 126 Å². The first-order valence-electron chi connectivity index (χ1n) is 15.9. The second kappa shape index (κ2) is 19.7. The van der Waals surface area contributed by atoms with Gasteiger partial charge in [-0.05, 0) is 57.2 Å². The molecule has 11 heteroatoms. The van der Waals surface area contributed by atoms with Gasteiger partial charge in [-0.15, -0.1) is 0 Å². The van der Waals surface area contributed by atoms with Gasteiger partial charge in [0.25, 0.3) is 5.92 Å². The number of carbonyl (C=O) groups is 2. The summed E-state index contributed by atoms with van der Waals surface area (Å²) >= 11 is 0. The van der Waals surface area contributed by atoms with Crippen molar-refractivity contribution < 1.29 is 27.5 Å². The molecular weight excluding hydrogens is 583 g/mol. The van der Waals surface area contributed by atoms with Crippen molar-refractivity contribution in [1.29, 1.82) is 0 Å². The molecule has 1 saturated carbocycles. The molecule has 1 fully saturated rings. The second-order valence-corrected chi connectivity index (χ2v) is 11.1. The van der Waals surface area contributed by atoms with E-state index in [1.54, 1.807) is 48.2 Å². The fourth-order valence-corrected chi connectivity index (χ4v) is 4.30. The number of nitrogen functional groups attached to an aromatic ring is 1. The van der Waals surface area contributed by atoms with Gasteiger partial charge in [0.2, 0.25) is 5.91 Å². The van der Waals surface area contributed by atoms with E-state index >= 15 is 0 Å². The number of unbranched alkanes of at least 4 members (excludes halogenated alkanes) is 1. The number of ketones is 1. The molecule has 2 aromatic heterocycles. The number of nitrogens with zero attached hydrogens (tertiary/aromatic N) is 3. The Morgan fingerprint density at radius 1 is 1.11 bits per heavy atom. The van der Waals surface area contributed by atoms with E-state index in [9.17, 15) is 22.8 Å². The van der Waals surface area contributed by atoms with E-state index in [1.807, 2.05) is 20.8 Å². The number of imidazole rings is 1. The van der Waals surface area contributed by atoms with E-state index in [1.165, 1.54) is 6.92 Å². The van der Waals surface area contributed by atoms with Crippen molar-refractivity contribution in [3.8, 4) is 17.0 Å². The maximum absolute atomic E-state index is 12.8. The molecule has 3 aromatic rings. The predicted molar refractivity (Wildman–Crippen MR) is 175 cm³/mol. The van der Waals surface area contributed by atoms with E-state index in [0.717, 1.165) is 44.1 Å². The Morgan fingerprint density at radius 3 is 2.27 bits per heavy atom. The summed E-state index contributed by atoms with van der Waals surface area (Å²) < 4.78 is 45.0. The molecule has 45 heavy (non-hydrogen) atoms. The van der Waals surface area contributed by atoms with Gasteiger partial charge in [0.05, 0.1) is 6.61 Å². The molecule has 1 aliphatic rings. The molecule has 0 radical (unpaired) electrons. The van der Waals surface area contributed by atoms with Crippen molar-refractivity contribution in [1.82, 2.24) is 14.4 Å². The minimum absolute atomic E-state index is 0.370. The summed E-state index contributed by atoms with van der Waals surface area (Å²) in [5.41, 5.74) is 13.7. The van der Waals surface area contributed by atoms with Gasteiger partial charge in [0.15, 0.2) is 6.67 Å².